The number of carbonyl (C=O) groups is 1. The molecule has 0 spiro atoms. The van der Waals surface area contributed by atoms with Crippen LogP contribution in [0.4, 0.5) is 11.4 Å². The molecule has 134 valence electrons. The molecule has 1 amide bonds. The second-order valence-electron chi connectivity index (χ2n) is 5.19. The summed E-state index contributed by atoms with van der Waals surface area (Å²) in [4.78, 5) is 12.6. The van der Waals surface area contributed by atoms with E-state index < -0.39 is 10.0 Å². The van der Waals surface area contributed by atoms with Crippen molar-refractivity contribution in [2.24, 2.45) is 0 Å². The molecule has 2 N–H and O–H groups in total. The number of sulfonamides is 1. The molecular weight excluding hydrogens is 415 g/mol. The fraction of sp³-hybridized carbons (Fsp3) is 0. The van der Waals surface area contributed by atoms with Crippen LogP contribution in [0.25, 0.3) is 0 Å². The van der Waals surface area contributed by atoms with Crippen LogP contribution in [0.3, 0.4) is 0 Å². The highest BCUT2D eigenvalue weighted by atomic mass is 35.5. The van der Waals surface area contributed by atoms with Gasteiger partial charge in [-0.2, -0.15) is 0 Å². The number of nitrogens with one attached hydrogen (secondary N) is 2. The summed E-state index contributed by atoms with van der Waals surface area (Å²) in [5.74, 6) is -0.248. The number of hydrogen-bond acceptors (Lipinski definition) is 4. The zero-order valence-corrected chi connectivity index (χ0v) is 16.2. The van der Waals surface area contributed by atoms with Gasteiger partial charge in [0.15, 0.2) is 0 Å². The smallest absolute Gasteiger partial charge is 0.265 e. The maximum absolute atomic E-state index is 12.5. The lowest BCUT2D eigenvalue weighted by Gasteiger charge is -2.10. The predicted molar refractivity (Wildman–Crippen MR) is 106 cm³/mol. The van der Waals surface area contributed by atoms with Crippen LogP contribution in [0.5, 0.6) is 0 Å². The van der Waals surface area contributed by atoms with Gasteiger partial charge in [-0.15, -0.1) is 11.3 Å². The number of anilines is 2. The molecule has 0 saturated carbocycles. The van der Waals surface area contributed by atoms with Crippen molar-refractivity contribution in [3.05, 3.63) is 74.9 Å². The van der Waals surface area contributed by atoms with Gasteiger partial charge in [-0.3, -0.25) is 9.52 Å². The van der Waals surface area contributed by atoms with Gasteiger partial charge in [0, 0.05) is 10.7 Å². The molecule has 0 aliphatic heterocycles. The molecule has 0 bridgehead atoms. The van der Waals surface area contributed by atoms with Crippen molar-refractivity contribution in [2.75, 3.05) is 10.0 Å². The number of benzene rings is 2. The van der Waals surface area contributed by atoms with E-state index in [0.29, 0.717) is 15.6 Å². The van der Waals surface area contributed by atoms with E-state index in [1.165, 1.54) is 53.8 Å². The molecule has 1 aromatic heterocycles. The van der Waals surface area contributed by atoms with Crippen molar-refractivity contribution in [3.8, 4) is 0 Å². The van der Waals surface area contributed by atoms with Gasteiger partial charge in [-0.25, -0.2) is 8.42 Å². The van der Waals surface area contributed by atoms with Gasteiger partial charge in [0.25, 0.3) is 15.9 Å². The molecular formula is C17H12Cl2N2O3S2. The van der Waals surface area contributed by atoms with Crippen molar-refractivity contribution in [2.45, 2.75) is 4.90 Å². The minimum Gasteiger partial charge on any atom is -0.321 e. The Morgan fingerprint density at radius 2 is 1.73 bits per heavy atom. The summed E-state index contributed by atoms with van der Waals surface area (Å²) in [7, 11) is -3.83. The lowest BCUT2D eigenvalue weighted by atomic mass is 10.3. The normalized spacial score (nSPS) is 11.2. The molecule has 1 heterocycles. The van der Waals surface area contributed by atoms with Crippen molar-refractivity contribution in [3.63, 3.8) is 0 Å². The second kappa shape index (κ2) is 7.67. The third-order valence-corrected chi connectivity index (χ3v) is 6.14. The Kier molecular flexibility index (Phi) is 5.52. The minimum atomic E-state index is -3.83. The van der Waals surface area contributed by atoms with Crippen molar-refractivity contribution in [1.29, 1.82) is 0 Å². The largest absolute Gasteiger partial charge is 0.321 e. The number of halogens is 2. The molecule has 3 aromatic rings. The minimum absolute atomic E-state index is 0.0395. The molecule has 0 saturated heterocycles. The topological polar surface area (TPSA) is 75.3 Å². The zero-order valence-electron chi connectivity index (χ0n) is 13.1. The third kappa shape index (κ3) is 4.37. The Bertz CT molecular complexity index is 1030. The molecule has 0 aliphatic carbocycles. The summed E-state index contributed by atoms with van der Waals surface area (Å²) in [6, 6.07) is 13.8. The van der Waals surface area contributed by atoms with Crippen molar-refractivity contribution >= 4 is 61.8 Å². The molecule has 9 heteroatoms. The highest BCUT2D eigenvalue weighted by Crippen LogP contribution is 2.28. The molecule has 3 rings (SSSR count). The van der Waals surface area contributed by atoms with Crippen LogP contribution >= 0.6 is 34.5 Å². The van der Waals surface area contributed by atoms with Crippen LogP contribution in [0.1, 0.15) is 9.67 Å². The summed E-state index contributed by atoms with van der Waals surface area (Å²) in [5, 5.41) is 5.11. The second-order valence-corrected chi connectivity index (χ2v) is 8.66. The highest BCUT2D eigenvalue weighted by Gasteiger charge is 2.16. The number of hydrogen-bond donors (Lipinski definition) is 2. The summed E-state index contributed by atoms with van der Waals surface area (Å²) in [6.45, 7) is 0. The highest BCUT2D eigenvalue weighted by molar-refractivity contribution is 7.92. The van der Waals surface area contributed by atoms with E-state index >= 15 is 0 Å². The summed E-state index contributed by atoms with van der Waals surface area (Å²) in [5.41, 5.74) is 0.720. The molecule has 0 fully saturated rings. The standard InChI is InChI=1S/C17H12Cl2N2O3S2/c18-11-3-8-15(14(19)10-11)21-26(23,24)13-6-4-12(5-7-13)20-17(22)16-2-1-9-25-16/h1-10,21H,(H,20,22). The molecule has 0 unspecified atom stereocenters. The first-order chi connectivity index (χ1) is 12.3. The summed E-state index contributed by atoms with van der Waals surface area (Å²) in [6.07, 6.45) is 0. The number of thiophene rings is 1. The van der Waals surface area contributed by atoms with Crippen molar-refractivity contribution < 1.29 is 13.2 Å². The van der Waals surface area contributed by atoms with E-state index in [-0.39, 0.29) is 21.5 Å². The Balaban J connectivity index is 1.75. The van der Waals surface area contributed by atoms with Crippen LogP contribution in [0, 0.1) is 0 Å². The van der Waals surface area contributed by atoms with Crippen molar-refractivity contribution in [1.82, 2.24) is 0 Å². The lowest BCUT2D eigenvalue weighted by molar-refractivity contribution is 0.103. The lowest BCUT2D eigenvalue weighted by Crippen LogP contribution is -2.14. The van der Waals surface area contributed by atoms with Crippen LogP contribution < -0.4 is 10.0 Å². The third-order valence-electron chi connectivity index (χ3n) is 3.34. The van der Waals surface area contributed by atoms with E-state index in [0.717, 1.165) is 0 Å². The fourth-order valence-electron chi connectivity index (χ4n) is 2.09. The SMILES string of the molecule is O=C(Nc1ccc(S(=O)(=O)Nc2ccc(Cl)cc2Cl)cc1)c1cccs1. The molecule has 0 radical (unpaired) electrons. The van der Waals surface area contributed by atoms with E-state index in [9.17, 15) is 13.2 Å². The van der Waals surface area contributed by atoms with Crippen LogP contribution in [0.2, 0.25) is 10.0 Å². The number of rotatable bonds is 5. The molecule has 26 heavy (non-hydrogen) atoms. The maximum atomic E-state index is 12.5. The van der Waals surface area contributed by atoms with Gasteiger partial charge in [-0.1, -0.05) is 29.3 Å². The van der Waals surface area contributed by atoms with E-state index in [1.807, 2.05) is 0 Å². The zero-order chi connectivity index (χ0) is 18.7. The van der Waals surface area contributed by atoms with Crippen LogP contribution in [0.15, 0.2) is 64.9 Å². The first-order valence-electron chi connectivity index (χ1n) is 7.28. The van der Waals surface area contributed by atoms with Gasteiger partial charge in [-0.05, 0) is 53.9 Å². The summed E-state index contributed by atoms with van der Waals surface area (Å²) >= 11 is 13.1. The predicted octanol–water partition coefficient (Wildman–Crippen LogP) is 5.11. The Morgan fingerprint density at radius 3 is 2.35 bits per heavy atom. The van der Waals surface area contributed by atoms with Gasteiger partial charge in [0.2, 0.25) is 0 Å². The van der Waals surface area contributed by atoms with Gasteiger partial charge >= 0.3 is 0 Å². The first-order valence-corrected chi connectivity index (χ1v) is 10.4. The van der Waals surface area contributed by atoms with Gasteiger partial charge in [0.1, 0.15) is 0 Å². The fourth-order valence-corrected chi connectivity index (χ4v) is 4.30. The van der Waals surface area contributed by atoms with E-state index in [1.54, 1.807) is 17.5 Å². The van der Waals surface area contributed by atoms with Gasteiger partial charge < -0.3 is 5.32 Å². The van der Waals surface area contributed by atoms with Gasteiger partial charge in [0.05, 0.1) is 20.5 Å². The van der Waals surface area contributed by atoms with Crippen LogP contribution in [-0.4, -0.2) is 14.3 Å². The Hall–Kier alpha value is -2.06. The molecule has 2 aromatic carbocycles. The average molecular weight is 427 g/mol. The van der Waals surface area contributed by atoms with Crippen LogP contribution in [-0.2, 0) is 10.0 Å². The number of carbonyl (C=O) groups excluding carboxylic acids is 1. The number of amides is 1. The monoisotopic (exact) mass is 426 g/mol. The Labute approximate surface area is 164 Å². The van der Waals surface area contributed by atoms with E-state index in [4.69, 9.17) is 23.2 Å². The molecule has 5 nitrogen and oxygen atoms in total. The molecule has 0 atom stereocenters. The quantitative estimate of drug-likeness (QED) is 0.594. The molecule has 0 aliphatic rings. The maximum Gasteiger partial charge on any atom is 0.265 e. The van der Waals surface area contributed by atoms with E-state index in [2.05, 4.69) is 10.0 Å². The Morgan fingerprint density at radius 1 is 1.00 bits per heavy atom. The summed E-state index contributed by atoms with van der Waals surface area (Å²) < 4.78 is 27.3. The average Bonchev–Trinajstić information content (AvgIpc) is 3.13. The first kappa shape index (κ1) is 18.7.